The number of methoxy groups -OCH3 is 1. The van der Waals surface area contributed by atoms with Crippen LogP contribution < -0.4 is 0 Å². The first-order chi connectivity index (χ1) is 13.0. The Morgan fingerprint density at radius 3 is 2.93 bits per heavy atom. The lowest BCUT2D eigenvalue weighted by molar-refractivity contribution is 0.0584. The molecule has 3 aromatic rings. The van der Waals surface area contributed by atoms with Gasteiger partial charge < -0.3 is 19.1 Å². The number of hydrogen-bond donors (Lipinski definition) is 1. The Morgan fingerprint density at radius 2 is 2.19 bits per heavy atom. The van der Waals surface area contributed by atoms with E-state index in [-0.39, 0.29) is 17.9 Å². The molecule has 1 amide bonds. The highest BCUT2D eigenvalue weighted by Crippen LogP contribution is 2.39. The second kappa shape index (κ2) is 6.85. The molecule has 0 saturated carbocycles. The van der Waals surface area contributed by atoms with Gasteiger partial charge in [-0.2, -0.15) is 0 Å². The molecule has 0 aliphatic carbocycles. The van der Waals surface area contributed by atoms with Gasteiger partial charge in [-0.05, 0) is 30.9 Å². The van der Waals surface area contributed by atoms with Crippen LogP contribution >= 0.6 is 0 Å². The summed E-state index contributed by atoms with van der Waals surface area (Å²) < 4.78 is 10.5. The normalized spacial score (nSPS) is 16.9. The summed E-state index contributed by atoms with van der Waals surface area (Å²) in [6.45, 7) is 7.08. The third-order valence-corrected chi connectivity index (χ3v) is 5.45. The Morgan fingerprint density at radius 1 is 1.41 bits per heavy atom. The molecule has 0 radical (unpaired) electrons. The third-order valence-electron chi connectivity index (χ3n) is 5.45. The van der Waals surface area contributed by atoms with Gasteiger partial charge in [0, 0.05) is 30.3 Å². The van der Waals surface area contributed by atoms with E-state index >= 15 is 0 Å². The molecule has 0 spiro atoms. The first-order valence-corrected chi connectivity index (χ1v) is 9.37. The molecule has 6 nitrogen and oxygen atoms in total. The van der Waals surface area contributed by atoms with Crippen LogP contribution in [0.2, 0.25) is 0 Å². The zero-order chi connectivity index (χ0) is 19.1. The van der Waals surface area contributed by atoms with Crippen LogP contribution in [-0.2, 0) is 17.8 Å². The molecule has 0 unspecified atom stereocenters. The van der Waals surface area contributed by atoms with E-state index in [0.717, 1.165) is 23.2 Å². The second-order valence-electron chi connectivity index (χ2n) is 7.50. The minimum Gasteiger partial charge on any atom is -0.380 e. The minimum absolute atomic E-state index is 0.0268. The number of benzene rings is 1. The van der Waals surface area contributed by atoms with Crippen LogP contribution in [0.15, 0.2) is 28.8 Å². The Bertz CT molecular complexity index is 986. The Balaban J connectivity index is 1.76. The standard InChI is InChI=1S/C21H25N3O3/c1-12(2)20-18-15(14-7-5-6-8-17(14)22-18)9-10-24(20)21(25)19-16(11-26-4)13(3)27-23-19/h5-8,12,20,22H,9-11H2,1-4H3/t20-/m0/s1. The molecule has 6 heteroatoms. The fourth-order valence-electron chi connectivity index (χ4n) is 4.20. The van der Waals surface area contributed by atoms with Crippen LogP contribution in [-0.4, -0.2) is 34.6 Å². The van der Waals surface area contributed by atoms with E-state index < -0.39 is 0 Å². The van der Waals surface area contributed by atoms with Crippen molar-refractivity contribution >= 4 is 16.8 Å². The van der Waals surface area contributed by atoms with Gasteiger partial charge in [0.05, 0.1) is 18.2 Å². The summed E-state index contributed by atoms with van der Waals surface area (Å²) in [7, 11) is 1.61. The number of rotatable bonds is 4. The molecule has 0 saturated heterocycles. The summed E-state index contributed by atoms with van der Waals surface area (Å²) in [4.78, 5) is 18.9. The Hall–Kier alpha value is -2.60. The molecule has 142 valence electrons. The number of aromatic nitrogens is 2. The van der Waals surface area contributed by atoms with Gasteiger partial charge in [0.15, 0.2) is 5.69 Å². The van der Waals surface area contributed by atoms with Gasteiger partial charge in [0.2, 0.25) is 0 Å². The summed E-state index contributed by atoms with van der Waals surface area (Å²) in [5.74, 6) is 0.798. The van der Waals surface area contributed by atoms with E-state index in [9.17, 15) is 4.79 Å². The monoisotopic (exact) mass is 367 g/mol. The van der Waals surface area contributed by atoms with Gasteiger partial charge in [-0.1, -0.05) is 37.2 Å². The number of aryl methyl sites for hydroxylation is 1. The number of carbonyl (C=O) groups is 1. The van der Waals surface area contributed by atoms with Crippen molar-refractivity contribution in [1.29, 1.82) is 0 Å². The summed E-state index contributed by atoms with van der Waals surface area (Å²) in [6, 6.07) is 8.31. The van der Waals surface area contributed by atoms with Crippen molar-refractivity contribution in [3.05, 3.63) is 52.5 Å². The molecular weight excluding hydrogens is 342 g/mol. The van der Waals surface area contributed by atoms with E-state index in [0.29, 0.717) is 24.6 Å². The lowest BCUT2D eigenvalue weighted by atomic mass is 9.90. The minimum atomic E-state index is -0.0955. The molecule has 27 heavy (non-hydrogen) atoms. The maximum absolute atomic E-state index is 13.4. The molecule has 4 rings (SSSR count). The molecule has 3 heterocycles. The van der Waals surface area contributed by atoms with Crippen LogP contribution in [0.3, 0.4) is 0 Å². The van der Waals surface area contributed by atoms with Crippen molar-refractivity contribution < 1.29 is 14.1 Å². The fourth-order valence-corrected chi connectivity index (χ4v) is 4.20. The van der Waals surface area contributed by atoms with Crippen LogP contribution in [0.25, 0.3) is 10.9 Å². The molecule has 1 atom stereocenters. The van der Waals surface area contributed by atoms with Crippen molar-refractivity contribution in [3.63, 3.8) is 0 Å². The number of H-pyrrole nitrogens is 1. The number of ether oxygens (including phenoxy) is 1. The number of aromatic amines is 1. The predicted molar refractivity (Wildman–Crippen MR) is 103 cm³/mol. The lowest BCUT2D eigenvalue weighted by Crippen LogP contribution is -2.42. The molecular formula is C21H25N3O3. The average molecular weight is 367 g/mol. The largest absolute Gasteiger partial charge is 0.380 e. The van der Waals surface area contributed by atoms with Crippen molar-refractivity contribution in [1.82, 2.24) is 15.0 Å². The van der Waals surface area contributed by atoms with Crippen molar-refractivity contribution in [3.8, 4) is 0 Å². The summed E-state index contributed by atoms with van der Waals surface area (Å²) in [6.07, 6.45) is 0.824. The number of fused-ring (bicyclic) bond motifs is 3. The van der Waals surface area contributed by atoms with Gasteiger partial charge in [-0.3, -0.25) is 4.79 Å². The second-order valence-corrected chi connectivity index (χ2v) is 7.50. The van der Waals surface area contributed by atoms with Gasteiger partial charge in [0.1, 0.15) is 5.76 Å². The van der Waals surface area contributed by atoms with Gasteiger partial charge in [0.25, 0.3) is 5.91 Å². The zero-order valence-corrected chi connectivity index (χ0v) is 16.2. The molecule has 2 aromatic heterocycles. The number of hydrogen-bond acceptors (Lipinski definition) is 4. The first kappa shape index (κ1) is 17.8. The smallest absolute Gasteiger partial charge is 0.277 e. The Kier molecular flexibility index (Phi) is 4.52. The Labute approximate surface area is 158 Å². The highest BCUT2D eigenvalue weighted by Gasteiger charge is 2.37. The van der Waals surface area contributed by atoms with E-state index in [1.165, 1.54) is 10.9 Å². The van der Waals surface area contributed by atoms with E-state index in [1.807, 2.05) is 17.9 Å². The van der Waals surface area contributed by atoms with Crippen molar-refractivity contribution in [2.24, 2.45) is 5.92 Å². The van der Waals surface area contributed by atoms with Crippen LogP contribution in [0.1, 0.15) is 53.0 Å². The molecule has 1 N–H and O–H groups in total. The topological polar surface area (TPSA) is 71.4 Å². The number of amides is 1. The maximum Gasteiger partial charge on any atom is 0.277 e. The highest BCUT2D eigenvalue weighted by atomic mass is 16.5. The SMILES string of the molecule is COCc1c(C(=O)N2CCc3c([nH]c4ccccc34)[C@@H]2C(C)C)noc1C. The summed E-state index contributed by atoms with van der Waals surface area (Å²) in [5.41, 5.74) is 4.67. The molecule has 1 aromatic carbocycles. The van der Waals surface area contributed by atoms with Crippen molar-refractivity contribution in [2.75, 3.05) is 13.7 Å². The van der Waals surface area contributed by atoms with E-state index in [2.05, 4.69) is 42.2 Å². The third kappa shape index (κ3) is 2.84. The maximum atomic E-state index is 13.4. The van der Waals surface area contributed by atoms with Crippen molar-refractivity contribution in [2.45, 2.75) is 39.8 Å². The predicted octanol–water partition coefficient (Wildman–Crippen LogP) is 4.01. The number of para-hydroxylation sites is 1. The summed E-state index contributed by atoms with van der Waals surface area (Å²) >= 11 is 0. The number of nitrogens with zero attached hydrogens (tertiary/aromatic N) is 2. The fraction of sp³-hybridized carbons (Fsp3) is 0.429. The van der Waals surface area contributed by atoms with Gasteiger partial charge in [-0.15, -0.1) is 0 Å². The molecule has 1 aliphatic rings. The quantitative estimate of drug-likeness (QED) is 0.756. The van der Waals surface area contributed by atoms with E-state index in [1.54, 1.807) is 7.11 Å². The number of nitrogens with one attached hydrogen (secondary N) is 1. The summed E-state index contributed by atoms with van der Waals surface area (Å²) in [5, 5.41) is 5.30. The van der Waals surface area contributed by atoms with Gasteiger partial charge >= 0.3 is 0 Å². The molecule has 1 aliphatic heterocycles. The highest BCUT2D eigenvalue weighted by molar-refractivity contribution is 5.95. The van der Waals surface area contributed by atoms with Crippen LogP contribution in [0, 0.1) is 12.8 Å². The van der Waals surface area contributed by atoms with Crippen LogP contribution in [0.4, 0.5) is 0 Å². The average Bonchev–Trinajstić information content (AvgIpc) is 3.21. The zero-order valence-electron chi connectivity index (χ0n) is 16.2. The molecule has 0 bridgehead atoms. The number of carbonyl (C=O) groups excluding carboxylic acids is 1. The van der Waals surface area contributed by atoms with Crippen LogP contribution in [0.5, 0.6) is 0 Å². The van der Waals surface area contributed by atoms with E-state index in [4.69, 9.17) is 9.26 Å². The van der Waals surface area contributed by atoms with Gasteiger partial charge in [-0.25, -0.2) is 0 Å². The lowest BCUT2D eigenvalue weighted by Gasteiger charge is -2.38. The first-order valence-electron chi connectivity index (χ1n) is 9.37. The molecule has 0 fully saturated rings.